The first-order valence-electron chi connectivity index (χ1n) is 10.0. The van der Waals surface area contributed by atoms with Crippen LogP contribution in [0.5, 0.6) is 5.75 Å². The van der Waals surface area contributed by atoms with Crippen LogP contribution in [0.4, 0.5) is 5.69 Å². The molecule has 2 aliphatic rings. The highest BCUT2D eigenvalue weighted by Crippen LogP contribution is 2.41. The average molecular weight is 445 g/mol. The van der Waals surface area contributed by atoms with Gasteiger partial charge in [-0.15, -0.1) is 0 Å². The number of amides is 1. The van der Waals surface area contributed by atoms with E-state index >= 15 is 0 Å². The van der Waals surface area contributed by atoms with Crippen molar-refractivity contribution in [1.82, 2.24) is 0 Å². The molecule has 0 aliphatic carbocycles. The van der Waals surface area contributed by atoms with Gasteiger partial charge in [-0.3, -0.25) is 4.79 Å². The summed E-state index contributed by atoms with van der Waals surface area (Å²) in [6.07, 6.45) is 2.01. The Balaban J connectivity index is 1.66. The maximum Gasteiger partial charge on any atom is 0.279 e. The lowest BCUT2D eigenvalue weighted by atomic mass is 10.2. The van der Waals surface area contributed by atoms with Crippen LogP contribution < -0.4 is 9.64 Å². The zero-order valence-electron chi connectivity index (χ0n) is 16.7. The van der Waals surface area contributed by atoms with Crippen LogP contribution in [-0.2, 0) is 9.84 Å². The molecule has 2 fully saturated rings. The van der Waals surface area contributed by atoms with Crippen molar-refractivity contribution in [1.29, 1.82) is 0 Å². The number of nitrogens with zero attached hydrogens (tertiary/aromatic N) is 2. The molecular weight excluding hydrogens is 420 g/mol. The van der Waals surface area contributed by atoms with Gasteiger partial charge in [0.05, 0.1) is 24.2 Å². The third kappa shape index (κ3) is 4.54. The van der Waals surface area contributed by atoms with E-state index in [1.54, 1.807) is 24.3 Å². The second kappa shape index (κ2) is 8.81. The third-order valence-corrected chi connectivity index (χ3v) is 8.36. The van der Waals surface area contributed by atoms with Crippen molar-refractivity contribution in [2.24, 2.45) is 4.99 Å². The fraction of sp³-hybridized carbons (Fsp3) is 0.364. The fourth-order valence-corrected chi connectivity index (χ4v) is 7.57. The summed E-state index contributed by atoms with van der Waals surface area (Å²) in [7, 11) is -3.11. The number of carbonyl (C=O) groups is 1. The summed E-state index contributed by atoms with van der Waals surface area (Å²) < 4.78 is 30.3. The standard InChI is InChI=1S/C22H24N2O4S2/c1-2-3-12-28-18-11-7-10-17(13-18)24-19-14-30(26,27)15-20(19)29-22(24)23-21(25)16-8-5-4-6-9-16/h4-11,13,19-20H,2-3,12,14-15H2,1H3/t19-,20-/m1/s1. The maximum absolute atomic E-state index is 12.7. The highest BCUT2D eigenvalue weighted by molar-refractivity contribution is 8.16. The number of hydrogen-bond donors (Lipinski definition) is 0. The second-order valence-corrected chi connectivity index (χ2v) is 10.8. The van der Waals surface area contributed by atoms with Crippen molar-refractivity contribution in [3.63, 3.8) is 0 Å². The van der Waals surface area contributed by atoms with Crippen LogP contribution in [0.2, 0.25) is 0 Å². The van der Waals surface area contributed by atoms with E-state index in [4.69, 9.17) is 4.74 Å². The summed E-state index contributed by atoms with van der Waals surface area (Å²) in [6, 6.07) is 16.2. The Kier molecular flexibility index (Phi) is 6.15. The molecule has 1 amide bonds. The normalized spacial score (nSPS) is 23.5. The van der Waals surface area contributed by atoms with Gasteiger partial charge >= 0.3 is 0 Å². The van der Waals surface area contributed by atoms with Gasteiger partial charge in [0.2, 0.25) is 0 Å². The average Bonchev–Trinajstić information content (AvgIpc) is 3.19. The minimum Gasteiger partial charge on any atom is -0.494 e. The van der Waals surface area contributed by atoms with Crippen molar-refractivity contribution < 1.29 is 17.9 Å². The number of anilines is 1. The lowest BCUT2D eigenvalue weighted by Gasteiger charge is -2.25. The molecule has 0 N–H and O–H groups in total. The van der Waals surface area contributed by atoms with Crippen molar-refractivity contribution in [3.05, 3.63) is 60.2 Å². The molecule has 0 spiro atoms. The molecular formula is C22H24N2O4S2. The van der Waals surface area contributed by atoms with Gasteiger partial charge < -0.3 is 9.64 Å². The SMILES string of the molecule is CCCCOc1cccc(N2C(=NC(=O)c3ccccc3)S[C@@H]3CS(=O)(=O)C[C@H]32)c1. The first-order chi connectivity index (χ1) is 14.5. The summed E-state index contributed by atoms with van der Waals surface area (Å²) in [5.74, 6) is 0.555. The Labute approximate surface area is 181 Å². The van der Waals surface area contributed by atoms with Gasteiger partial charge in [-0.05, 0) is 30.7 Å². The number of unbranched alkanes of at least 4 members (excludes halogenated alkanes) is 1. The van der Waals surface area contributed by atoms with Crippen molar-refractivity contribution in [2.75, 3.05) is 23.0 Å². The Morgan fingerprint density at radius 2 is 1.97 bits per heavy atom. The number of carbonyl (C=O) groups excluding carboxylic acids is 1. The maximum atomic E-state index is 12.7. The number of benzene rings is 2. The molecule has 0 bridgehead atoms. The van der Waals surface area contributed by atoms with E-state index in [1.165, 1.54) is 11.8 Å². The topological polar surface area (TPSA) is 76.0 Å². The Morgan fingerprint density at radius 3 is 2.73 bits per heavy atom. The van der Waals surface area contributed by atoms with Crippen LogP contribution in [0.1, 0.15) is 30.1 Å². The number of sulfone groups is 1. The molecule has 0 radical (unpaired) electrons. The first kappa shape index (κ1) is 20.9. The van der Waals surface area contributed by atoms with E-state index in [9.17, 15) is 13.2 Å². The molecule has 30 heavy (non-hydrogen) atoms. The molecule has 8 heteroatoms. The van der Waals surface area contributed by atoms with Gasteiger partial charge in [0.15, 0.2) is 15.0 Å². The van der Waals surface area contributed by atoms with E-state index in [-0.39, 0.29) is 28.7 Å². The Hall–Kier alpha value is -2.32. The number of rotatable bonds is 6. The summed E-state index contributed by atoms with van der Waals surface area (Å²) in [6.45, 7) is 2.73. The smallest absolute Gasteiger partial charge is 0.279 e. The van der Waals surface area contributed by atoms with E-state index < -0.39 is 9.84 Å². The van der Waals surface area contributed by atoms with Gasteiger partial charge in [-0.1, -0.05) is 49.4 Å². The molecule has 2 atom stereocenters. The monoisotopic (exact) mass is 444 g/mol. The van der Waals surface area contributed by atoms with Crippen molar-refractivity contribution in [3.8, 4) is 5.75 Å². The lowest BCUT2D eigenvalue weighted by Crippen LogP contribution is -2.37. The summed E-state index contributed by atoms with van der Waals surface area (Å²) in [5.41, 5.74) is 1.30. The van der Waals surface area contributed by atoms with Gasteiger partial charge in [0.25, 0.3) is 5.91 Å². The highest BCUT2D eigenvalue weighted by atomic mass is 32.2. The van der Waals surface area contributed by atoms with E-state index in [0.717, 1.165) is 24.3 Å². The van der Waals surface area contributed by atoms with Crippen LogP contribution in [0.3, 0.4) is 0 Å². The van der Waals surface area contributed by atoms with Crippen LogP contribution >= 0.6 is 11.8 Å². The number of fused-ring (bicyclic) bond motifs is 1. The Bertz CT molecular complexity index is 1050. The van der Waals surface area contributed by atoms with Crippen molar-refractivity contribution in [2.45, 2.75) is 31.1 Å². The van der Waals surface area contributed by atoms with Gasteiger partial charge in [-0.25, -0.2) is 8.42 Å². The lowest BCUT2D eigenvalue weighted by molar-refractivity contribution is 0.100. The fourth-order valence-electron chi connectivity index (χ4n) is 3.66. The number of amidine groups is 1. The molecule has 158 valence electrons. The molecule has 2 aromatic carbocycles. The summed E-state index contributed by atoms with van der Waals surface area (Å²) in [5, 5.41) is 0.404. The summed E-state index contributed by atoms with van der Waals surface area (Å²) in [4.78, 5) is 19.0. The number of hydrogen-bond acceptors (Lipinski definition) is 5. The van der Waals surface area contributed by atoms with Gasteiger partial charge in [0.1, 0.15) is 5.75 Å². The Morgan fingerprint density at radius 1 is 1.17 bits per heavy atom. The number of ether oxygens (including phenoxy) is 1. The molecule has 0 saturated carbocycles. The molecule has 2 heterocycles. The molecule has 2 aliphatic heterocycles. The molecule has 4 rings (SSSR count). The highest BCUT2D eigenvalue weighted by Gasteiger charge is 2.49. The van der Waals surface area contributed by atoms with Crippen LogP contribution in [0, 0.1) is 0 Å². The van der Waals surface area contributed by atoms with Crippen LogP contribution in [-0.4, -0.2) is 48.9 Å². The largest absolute Gasteiger partial charge is 0.494 e. The quantitative estimate of drug-likeness (QED) is 0.631. The van der Waals surface area contributed by atoms with Crippen LogP contribution in [0.25, 0.3) is 0 Å². The number of aliphatic imine (C=N–C) groups is 1. The minimum absolute atomic E-state index is 0.0597. The summed E-state index contributed by atoms with van der Waals surface area (Å²) >= 11 is 1.37. The second-order valence-electron chi connectivity index (χ2n) is 7.44. The number of thioether (sulfide) groups is 1. The minimum atomic E-state index is -3.11. The third-order valence-electron chi connectivity index (χ3n) is 5.15. The molecule has 2 saturated heterocycles. The zero-order valence-corrected chi connectivity index (χ0v) is 18.4. The molecule has 0 unspecified atom stereocenters. The molecule has 0 aromatic heterocycles. The molecule has 2 aromatic rings. The predicted octanol–water partition coefficient (Wildman–Crippen LogP) is 3.78. The van der Waals surface area contributed by atoms with Crippen LogP contribution in [0.15, 0.2) is 59.6 Å². The molecule has 6 nitrogen and oxygen atoms in total. The predicted molar refractivity (Wildman–Crippen MR) is 121 cm³/mol. The zero-order chi connectivity index (χ0) is 21.1. The van der Waals surface area contributed by atoms with E-state index in [0.29, 0.717) is 17.3 Å². The van der Waals surface area contributed by atoms with Gasteiger partial charge in [-0.2, -0.15) is 4.99 Å². The van der Waals surface area contributed by atoms with Gasteiger partial charge in [0, 0.05) is 22.6 Å². The first-order valence-corrected chi connectivity index (χ1v) is 12.7. The van der Waals surface area contributed by atoms with E-state index in [1.807, 2.05) is 35.2 Å². The van der Waals surface area contributed by atoms with E-state index in [2.05, 4.69) is 11.9 Å². The van der Waals surface area contributed by atoms with Crippen molar-refractivity contribution >= 4 is 38.4 Å².